The Morgan fingerprint density at radius 3 is 2.39 bits per heavy atom. The number of carbonyl (C=O) groups excluding carboxylic acids is 1. The molecule has 0 amide bonds. The fourth-order valence-electron chi connectivity index (χ4n) is 1.76. The van der Waals surface area contributed by atoms with Crippen molar-refractivity contribution in [3.05, 3.63) is 70.3 Å². The average molecular weight is 246 g/mol. The highest BCUT2D eigenvalue weighted by atomic mass is 19.2. The van der Waals surface area contributed by atoms with E-state index in [9.17, 15) is 13.6 Å². The maximum atomic E-state index is 13.7. The van der Waals surface area contributed by atoms with Crippen LogP contribution in [0.4, 0.5) is 8.78 Å². The van der Waals surface area contributed by atoms with Gasteiger partial charge in [0.1, 0.15) is 0 Å². The molecule has 0 spiro atoms. The third kappa shape index (κ3) is 2.16. The molecule has 0 N–H and O–H groups in total. The van der Waals surface area contributed by atoms with Crippen LogP contribution in [-0.2, 0) is 0 Å². The third-order valence-electron chi connectivity index (χ3n) is 2.80. The van der Waals surface area contributed by atoms with Crippen molar-refractivity contribution in [3.8, 4) is 0 Å². The van der Waals surface area contributed by atoms with E-state index in [1.54, 1.807) is 18.2 Å². The van der Waals surface area contributed by atoms with E-state index in [4.69, 9.17) is 0 Å². The summed E-state index contributed by atoms with van der Waals surface area (Å²) in [5, 5.41) is 0. The predicted molar refractivity (Wildman–Crippen MR) is 65.7 cm³/mol. The molecule has 0 aliphatic carbocycles. The maximum Gasteiger partial charge on any atom is 0.196 e. The summed E-state index contributed by atoms with van der Waals surface area (Å²) < 4.78 is 27.1. The summed E-state index contributed by atoms with van der Waals surface area (Å²) in [5.74, 6) is -2.55. The molecule has 0 aromatic heterocycles. The number of halogens is 2. The van der Waals surface area contributed by atoms with Crippen molar-refractivity contribution in [3.63, 3.8) is 0 Å². The summed E-state index contributed by atoms with van der Waals surface area (Å²) in [4.78, 5) is 12.1. The van der Waals surface area contributed by atoms with Crippen LogP contribution >= 0.6 is 0 Å². The molecule has 2 rings (SSSR count). The normalized spacial score (nSPS) is 10.4. The lowest BCUT2D eigenvalue weighted by molar-refractivity contribution is 0.103. The molecule has 0 radical (unpaired) electrons. The van der Waals surface area contributed by atoms with Gasteiger partial charge < -0.3 is 0 Å². The maximum absolute atomic E-state index is 13.7. The fraction of sp³-hybridized carbons (Fsp3) is 0.133. The number of carbonyl (C=O) groups is 1. The molecular formula is C15H12F2O. The third-order valence-corrected chi connectivity index (χ3v) is 2.80. The van der Waals surface area contributed by atoms with Crippen molar-refractivity contribution in [1.82, 2.24) is 0 Å². The Bertz CT molecular complexity index is 618. The van der Waals surface area contributed by atoms with Crippen LogP contribution in [0, 0.1) is 25.5 Å². The van der Waals surface area contributed by atoms with Crippen LogP contribution in [0.3, 0.4) is 0 Å². The molecule has 0 unspecified atom stereocenters. The van der Waals surface area contributed by atoms with Gasteiger partial charge in [-0.2, -0.15) is 0 Å². The van der Waals surface area contributed by atoms with E-state index in [0.29, 0.717) is 5.56 Å². The molecule has 0 saturated carbocycles. The zero-order chi connectivity index (χ0) is 13.3. The Hall–Kier alpha value is -2.03. The molecule has 2 aromatic rings. The first-order chi connectivity index (χ1) is 8.50. The van der Waals surface area contributed by atoms with Gasteiger partial charge in [-0.05, 0) is 31.5 Å². The van der Waals surface area contributed by atoms with E-state index in [-0.39, 0.29) is 11.1 Å². The van der Waals surface area contributed by atoms with Crippen molar-refractivity contribution < 1.29 is 13.6 Å². The van der Waals surface area contributed by atoms with Crippen molar-refractivity contribution in [2.45, 2.75) is 13.8 Å². The van der Waals surface area contributed by atoms with Gasteiger partial charge in [-0.3, -0.25) is 4.79 Å². The Morgan fingerprint density at radius 2 is 1.72 bits per heavy atom. The van der Waals surface area contributed by atoms with Crippen LogP contribution in [-0.4, -0.2) is 5.78 Å². The summed E-state index contributed by atoms with van der Waals surface area (Å²) >= 11 is 0. The number of rotatable bonds is 2. The quantitative estimate of drug-likeness (QED) is 0.736. The highest BCUT2D eigenvalue weighted by Gasteiger charge is 2.18. The summed E-state index contributed by atoms with van der Waals surface area (Å²) in [5.41, 5.74) is 1.21. The fourth-order valence-corrected chi connectivity index (χ4v) is 1.76. The van der Waals surface area contributed by atoms with Gasteiger partial charge in [0.15, 0.2) is 17.4 Å². The highest BCUT2D eigenvalue weighted by Crippen LogP contribution is 2.19. The Labute approximate surface area is 104 Å². The van der Waals surface area contributed by atoms with Crippen LogP contribution in [0.2, 0.25) is 0 Å². The van der Waals surface area contributed by atoms with Crippen LogP contribution in [0.15, 0.2) is 36.4 Å². The average Bonchev–Trinajstić information content (AvgIpc) is 2.35. The zero-order valence-electron chi connectivity index (χ0n) is 10.1. The molecule has 0 bridgehead atoms. The first-order valence-corrected chi connectivity index (χ1v) is 5.56. The Morgan fingerprint density at radius 1 is 1.00 bits per heavy atom. The van der Waals surface area contributed by atoms with Gasteiger partial charge in [0.2, 0.25) is 0 Å². The molecule has 92 valence electrons. The lowest BCUT2D eigenvalue weighted by atomic mass is 10.00. The first-order valence-electron chi connectivity index (χ1n) is 5.56. The summed E-state index contributed by atoms with van der Waals surface area (Å²) in [6, 6.07) is 9.51. The lowest BCUT2D eigenvalue weighted by Crippen LogP contribution is -2.07. The minimum Gasteiger partial charge on any atom is -0.288 e. The van der Waals surface area contributed by atoms with Gasteiger partial charge in [-0.25, -0.2) is 8.78 Å². The van der Waals surface area contributed by atoms with Crippen molar-refractivity contribution in [1.29, 1.82) is 0 Å². The van der Waals surface area contributed by atoms with Crippen molar-refractivity contribution in [2.75, 3.05) is 0 Å². The van der Waals surface area contributed by atoms with Crippen molar-refractivity contribution in [2.24, 2.45) is 0 Å². The lowest BCUT2D eigenvalue weighted by Gasteiger charge is -2.06. The molecule has 18 heavy (non-hydrogen) atoms. The topological polar surface area (TPSA) is 17.1 Å². The summed E-state index contributed by atoms with van der Waals surface area (Å²) in [7, 11) is 0. The van der Waals surface area contributed by atoms with Gasteiger partial charge in [0, 0.05) is 5.56 Å². The van der Waals surface area contributed by atoms with Gasteiger partial charge in [-0.15, -0.1) is 0 Å². The summed E-state index contributed by atoms with van der Waals surface area (Å²) in [6.07, 6.45) is 0. The minimum atomic E-state index is -1.08. The Kier molecular flexibility index (Phi) is 3.24. The monoisotopic (exact) mass is 246 g/mol. The van der Waals surface area contributed by atoms with Gasteiger partial charge >= 0.3 is 0 Å². The second-order valence-electron chi connectivity index (χ2n) is 4.26. The molecule has 3 heteroatoms. The van der Waals surface area contributed by atoms with E-state index < -0.39 is 17.4 Å². The second-order valence-corrected chi connectivity index (χ2v) is 4.26. The Balaban J connectivity index is 2.50. The predicted octanol–water partition coefficient (Wildman–Crippen LogP) is 3.81. The molecule has 1 nitrogen and oxygen atoms in total. The number of hydrogen-bond donors (Lipinski definition) is 0. The van der Waals surface area contributed by atoms with Crippen LogP contribution in [0.1, 0.15) is 27.0 Å². The van der Waals surface area contributed by atoms with Gasteiger partial charge in [0.25, 0.3) is 0 Å². The van der Waals surface area contributed by atoms with Crippen LogP contribution in [0.25, 0.3) is 0 Å². The minimum absolute atomic E-state index is 0.188. The van der Waals surface area contributed by atoms with Crippen LogP contribution < -0.4 is 0 Å². The number of hydrogen-bond acceptors (Lipinski definition) is 1. The SMILES string of the molecule is Cc1cccc(C(=O)c2ccc(C)c(F)c2F)c1. The highest BCUT2D eigenvalue weighted by molar-refractivity contribution is 6.09. The van der Waals surface area contributed by atoms with E-state index in [0.717, 1.165) is 5.56 Å². The number of aryl methyl sites for hydroxylation is 2. The van der Waals surface area contributed by atoms with Gasteiger partial charge in [-0.1, -0.05) is 29.8 Å². The molecule has 0 heterocycles. The number of benzene rings is 2. The van der Waals surface area contributed by atoms with Crippen molar-refractivity contribution >= 4 is 5.78 Å². The standard InChI is InChI=1S/C15H12F2O/c1-9-4-3-5-11(8-9)15(18)12-7-6-10(2)13(16)14(12)17/h3-8H,1-2H3. The molecule has 0 atom stereocenters. The van der Waals surface area contributed by atoms with Crippen LogP contribution in [0.5, 0.6) is 0 Å². The van der Waals surface area contributed by atoms with Gasteiger partial charge in [0.05, 0.1) is 5.56 Å². The molecule has 0 saturated heterocycles. The smallest absolute Gasteiger partial charge is 0.196 e. The van der Waals surface area contributed by atoms with E-state index in [2.05, 4.69) is 0 Å². The molecule has 2 aromatic carbocycles. The van der Waals surface area contributed by atoms with E-state index in [1.807, 2.05) is 13.0 Å². The second kappa shape index (κ2) is 4.69. The molecular weight excluding hydrogens is 234 g/mol. The summed E-state index contributed by atoms with van der Waals surface area (Å²) in [6.45, 7) is 3.29. The molecule has 0 aliphatic rings. The molecule has 0 aliphatic heterocycles. The number of ketones is 1. The largest absolute Gasteiger partial charge is 0.288 e. The molecule has 0 fully saturated rings. The van der Waals surface area contributed by atoms with E-state index >= 15 is 0 Å². The first kappa shape index (κ1) is 12.4. The van der Waals surface area contributed by atoms with E-state index in [1.165, 1.54) is 19.1 Å². The zero-order valence-corrected chi connectivity index (χ0v) is 10.1.